The number of carbonyl (C=O) groups is 1. The number of aromatic hydroxyl groups is 1. The second kappa shape index (κ2) is 6.75. The molecule has 1 saturated heterocycles. The number of rotatable bonds is 3. The molecule has 1 aliphatic rings. The van der Waals surface area contributed by atoms with Gasteiger partial charge in [0, 0.05) is 12.6 Å². The fourth-order valence-electron chi connectivity index (χ4n) is 2.79. The largest absolute Gasteiger partial charge is 0.508 e. The predicted molar refractivity (Wildman–Crippen MR) is 79.4 cm³/mol. The molecule has 1 fully saturated rings. The maximum Gasteiger partial charge on any atom is 0.240 e. The molecule has 4 nitrogen and oxygen atoms in total. The Kier molecular flexibility index (Phi) is 5.01. The Morgan fingerprint density at radius 2 is 2.05 bits per heavy atom. The Labute approximate surface area is 120 Å². The Bertz CT molecular complexity index is 444. The summed E-state index contributed by atoms with van der Waals surface area (Å²) in [6.07, 6.45) is 5.04. The number of nitrogens with zero attached hydrogens (tertiary/aromatic N) is 1. The van der Waals surface area contributed by atoms with Crippen molar-refractivity contribution in [2.24, 2.45) is 5.73 Å². The quantitative estimate of drug-likeness (QED) is 0.888. The number of nitrogens with two attached hydrogens (primary N) is 1. The third-order valence-corrected chi connectivity index (χ3v) is 4.05. The van der Waals surface area contributed by atoms with Gasteiger partial charge in [-0.15, -0.1) is 0 Å². The van der Waals surface area contributed by atoms with E-state index in [1.54, 1.807) is 12.1 Å². The molecule has 1 unspecified atom stereocenters. The van der Waals surface area contributed by atoms with E-state index >= 15 is 0 Å². The van der Waals surface area contributed by atoms with E-state index in [0.717, 1.165) is 24.9 Å². The summed E-state index contributed by atoms with van der Waals surface area (Å²) in [7, 11) is 0. The van der Waals surface area contributed by atoms with Gasteiger partial charge in [0.05, 0.1) is 6.04 Å². The lowest BCUT2D eigenvalue weighted by atomic mass is 10.0. The maximum atomic E-state index is 12.5. The summed E-state index contributed by atoms with van der Waals surface area (Å²) in [5, 5.41) is 9.26. The highest BCUT2D eigenvalue weighted by atomic mass is 16.3. The van der Waals surface area contributed by atoms with E-state index in [2.05, 4.69) is 6.92 Å². The van der Waals surface area contributed by atoms with Crippen molar-refractivity contribution in [1.82, 2.24) is 4.90 Å². The van der Waals surface area contributed by atoms with Gasteiger partial charge >= 0.3 is 0 Å². The van der Waals surface area contributed by atoms with Gasteiger partial charge in [-0.25, -0.2) is 0 Å². The zero-order valence-corrected chi connectivity index (χ0v) is 12.1. The molecule has 20 heavy (non-hydrogen) atoms. The van der Waals surface area contributed by atoms with Gasteiger partial charge in [0.1, 0.15) is 5.75 Å². The Morgan fingerprint density at radius 1 is 1.35 bits per heavy atom. The minimum atomic E-state index is -0.500. The first-order chi connectivity index (χ1) is 9.58. The first-order valence-electron chi connectivity index (χ1n) is 7.42. The topological polar surface area (TPSA) is 66.6 Å². The first-order valence-corrected chi connectivity index (χ1v) is 7.42. The molecule has 110 valence electrons. The third kappa shape index (κ3) is 3.73. The van der Waals surface area contributed by atoms with Crippen LogP contribution in [0.3, 0.4) is 0 Å². The van der Waals surface area contributed by atoms with E-state index in [0.29, 0.717) is 6.42 Å². The lowest BCUT2D eigenvalue weighted by Gasteiger charge is -2.29. The predicted octanol–water partition coefficient (Wildman–Crippen LogP) is 2.05. The standard InChI is InChI=1S/C16H24N2O2/c1-12-5-3-2-4-10-18(12)16(20)15(17)11-13-6-8-14(19)9-7-13/h6-9,12,15,19H,2-5,10-11,17H2,1H3/t12?,15-/m0/s1. The van der Waals surface area contributed by atoms with Gasteiger partial charge in [-0.05, 0) is 43.9 Å². The summed E-state index contributed by atoms with van der Waals surface area (Å²) in [5.74, 6) is 0.280. The molecule has 3 N–H and O–H groups in total. The zero-order valence-electron chi connectivity index (χ0n) is 12.1. The van der Waals surface area contributed by atoms with Crippen LogP contribution in [0, 0.1) is 0 Å². The van der Waals surface area contributed by atoms with Gasteiger partial charge in [0.25, 0.3) is 0 Å². The molecular weight excluding hydrogens is 252 g/mol. The zero-order chi connectivity index (χ0) is 14.5. The molecule has 2 rings (SSSR count). The van der Waals surface area contributed by atoms with Crippen LogP contribution in [-0.4, -0.2) is 34.5 Å². The van der Waals surface area contributed by atoms with Crippen molar-refractivity contribution in [3.8, 4) is 5.75 Å². The molecular formula is C16H24N2O2. The van der Waals surface area contributed by atoms with Crippen LogP contribution in [0.1, 0.15) is 38.2 Å². The van der Waals surface area contributed by atoms with Gasteiger partial charge in [-0.3, -0.25) is 4.79 Å². The molecule has 1 aromatic carbocycles. The normalized spacial score (nSPS) is 21.3. The van der Waals surface area contributed by atoms with Crippen LogP contribution in [0.25, 0.3) is 0 Å². The Morgan fingerprint density at radius 3 is 2.75 bits per heavy atom. The average molecular weight is 276 g/mol. The first kappa shape index (κ1) is 14.9. The van der Waals surface area contributed by atoms with Gasteiger partial charge in [0.2, 0.25) is 5.91 Å². The number of amides is 1. The summed E-state index contributed by atoms with van der Waals surface area (Å²) in [5.41, 5.74) is 7.06. The molecule has 0 aromatic heterocycles. The van der Waals surface area contributed by atoms with Crippen molar-refractivity contribution in [1.29, 1.82) is 0 Å². The van der Waals surface area contributed by atoms with Crippen molar-refractivity contribution < 1.29 is 9.90 Å². The van der Waals surface area contributed by atoms with E-state index in [-0.39, 0.29) is 17.7 Å². The highest BCUT2D eigenvalue weighted by Gasteiger charge is 2.26. The van der Waals surface area contributed by atoms with Crippen LogP contribution < -0.4 is 5.73 Å². The van der Waals surface area contributed by atoms with Crippen LogP contribution >= 0.6 is 0 Å². The van der Waals surface area contributed by atoms with Crippen LogP contribution in [0.4, 0.5) is 0 Å². The van der Waals surface area contributed by atoms with Crippen LogP contribution in [-0.2, 0) is 11.2 Å². The SMILES string of the molecule is CC1CCCCCN1C(=O)[C@@H](N)Cc1ccc(O)cc1. The van der Waals surface area contributed by atoms with Gasteiger partial charge in [-0.1, -0.05) is 25.0 Å². The molecule has 0 bridgehead atoms. The van der Waals surface area contributed by atoms with E-state index in [1.807, 2.05) is 17.0 Å². The summed E-state index contributed by atoms with van der Waals surface area (Å²) < 4.78 is 0. The van der Waals surface area contributed by atoms with Gasteiger partial charge < -0.3 is 15.7 Å². The molecule has 0 aliphatic carbocycles. The van der Waals surface area contributed by atoms with E-state index in [1.165, 1.54) is 12.8 Å². The Balaban J connectivity index is 1.98. The fraction of sp³-hybridized carbons (Fsp3) is 0.562. The molecule has 0 spiro atoms. The highest BCUT2D eigenvalue weighted by molar-refractivity contribution is 5.82. The second-order valence-electron chi connectivity index (χ2n) is 5.71. The average Bonchev–Trinajstić information content (AvgIpc) is 2.65. The lowest BCUT2D eigenvalue weighted by Crippen LogP contribution is -2.48. The number of hydrogen-bond acceptors (Lipinski definition) is 3. The Hall–Kier alpha value is -1.55. The van der Waals surface area contributed by atoms with E-state index < -0.39 is 6.04 Å². The minimum Gasteiger partial charge on any atom is -0.508 e. The van der Waals surface area contributed by atoms with Crippen LogP contribution in [0.15, 0.2) is 24.3 Å². The molecule has 0 saturated carbocycles. The summed E-state index contributed by atoms with van der Waals surface area (Å²) in [6, 6.07) is 6.67. The maximum absolute atomic E-state index is 12.5. The van der Waals surface area contributed by atoms with Gasteiger partial charge in [-0.2, -0.15) is 0 Å². The minimum absolute atomic E-state index is 0.0486. The second-order valence-corrected chi connectivity index (χ2v) is 5.71. The monoisotopic (exact) mass is 276 g/mol. The van der Waals surface area contributed by atoms with Crippen LogP contribution in [0.2, 0.25) is 0 Å². The summed E-state index contributed by atoms with van der Waals surface area (Å²) in [6.45, 7) is 2.93. The fourth-order valence-corrected chi connectivity index (χ4v) is 2.79. The van der Waals surface area contributed by atoms with E-state index in [4.69, 9.17) is 5.73 Å². The van der Waals surface area contributed by atoms with Crippen molar-refractivity contribution in [3.63, 3.8) is 0 Å². The molecule has 1 heterocycles. The van der Waals surface area contributed by atoms with Crippen LogP contribution in [0.5, 0.6) is 5.75 Å². The lowest BCUT2D eigenvalue weighted by molar-refractivity contribution is -0.134. The number of carbonyl (C=O) groups excluding carboxylic acids is 1. The number of benzene rings is 1. The van der Waals surface area contributed by atoms with Crippen molar-refractivity contribution >= 4 is 5.91 Å². The molecule has 2 atom stereocenters. The number of hydrogen-bond donors (Lipinski definition) is 2. The summed E-state index contributed by atoms with van der Waals surface area (Å²) in [4.78, 5) is 14.4. The molecule has 0 radical (unpaired) electrons. The number of phenols is 1. The molecule has 4 heteroatoms. The molecule has 1 aliphatic heterocycles. The highest BCUT2D eigenvalue weighted by Crippen LogP contribution is 2.18. The third-order valence-electron chi connectivity index (χ3n) is 4.05. The molecule has 1 aromatic rings. The van der Waals surface area contributed by atoms with E-state index in [9.17, 15) is 9.90 Å². The van der Waals surface area contributed by atoms with Crippen molar-refractivity contribution in [2.75, 3.05) is 6.54 Å². The van der Waals surface area contributed by atoms with Gasteiger partial charge in [0.15, 0.2) is 0 Å². The number of likely N-dealkylation sites (tertiary alicyclic amines) is 1. The van der Waals surface area contributed by atoms with Crippen molar-refractivity contribution in [2.45, 2.75) is 51.1 Å². The summed E-state index contributed by atoms with van der Waals surface area (Å²) >= 11 is 0. The number of phenolic OH excluding ortho intramolecular Hbond substituents is 1. The molecule has 1 amide bonds. The van der Waals surface area contributed by atoms with Crippen molar-refractivity contribution in [3.05, 3.63) is 29.8 Å². The smallest absolute Gasteiger partial charge is 0.240 e.